The third kappa shape index (κ3) is 72.4. The van der Waals surface area contributed by atoms with Gasteiger partial charge in [0.05, 0.1) is 26.4 Å². The molecular formula is C79H154O17P2. The lowest BCUT2D eigenvalue weighted by Crippen LogP contribution is -2.30. The molecule has 17 nitrogen and oxygen atoms in total. The Labute approximate surface area is 600 Å². The monoisotopic (exact) mass is 1440 g/mol. The zero-order valence-corrected chi connectivity index (χ0v) is 66.0. The third-order valence-corrected chi connectivity index (χ3v) is 20.3. The van der Waals surface area contributed by atoms with Crippen molar-refractivity contribution in [2.24, 2.45) is 17.8 Å². The van der Waals surface area contributed by atoms with E-state index in [2.05, 4.69) is 48.5 Å². The molecule has 0 aromatic heterocycles. The Hall–Kier alpha value is -1.94. The summed E-state index contributed by atoms with van der Waals surface area (Å²) in [6.07, 6.45) is 57.1. The summed E-state index contributed by atoms with van der Waals surface area (Å²) >= 11 is 0. The summed E-state index contributed by atoms with van der Waals surface area (Å²) < 4.78 is 68.6. The van der Waals surface area contributed by atoms with E-state index in [-0.39, 0.29) is 25.7 Å². The van der Waals surface area contributed by atoms with Crippen LogP contribution in [-0.2, 0) is 65.4 Å². The molecule has 0 aromatic carbocycles. The molecule has 0 aliphatic heterocycles. The van der Waals surface area contributed by atoms with Crippen molar-refractivity contribution in [1.82, 2.24) is 0 Å². The van der Waals surface area contributed by atoms with Gasteiger partial charge in [0, 0.05) is 25.7 Å². The lowest BCUT2D eigenvalue weighted by molar-refractivity contribution is -0.161. The third-order valence-electron chi connectivity index (χ3n) is 18.4. The van der Waals surface area contributed by atoms with Crippen LogP contribution < -0.4 is 0 Å². The van der Waals surface area contributed by atoms with Crippen LogP contribution in [0.3, 0.4) is 0 Å². The van der Waals surface area contributed by atoms with Crippen molar-refractivity contribution in [2.75, 3.05) is 39.6 Å². The Morgan fingerprint density at radius 2 is 0.469 bits per heavy atom. The van der Waals surface area contributed by atoms with E-state index in [1.54, 1.807) is 0 Å². The number of hydrogen-bond acceptors (Lipinski definition) is 15. The van der Waals surface area contributed by atoms with Gasteiger partial charge in [0.25, 0.3) is 0 Å². The number of hydrogen-bond donors (Lipinski definition) is 3. The fourth-order valence-electron chi connectivity index (χ4n) is 12.1. The van der Waals surface area contributed by atoms with Crippen LogP contribution in [-0.4, -0.2) is 96.7 Å². The van der Waals surface area contributed by atoms with Crippen LogP contribution in [0.25, 0.3) is 0 Å². The first-order chi connectivity index (χ1) is 47.2. The summed E-state index contributed by atoms with van der Waals surface area (Å²) in [4.78, 5) is 72.9. The summed E-state index contributed by atoms with van der Waals surface area (Å²) in [7, 11) is -9.92. The second-order valence-corrected chi connectivity index (χ2v) is 32.8. The lowest BCUT2D eigenvalue weighted by Gasteiger charge is -2.21. The molecule has 0 saturated carbocycles. The molecule has 2 unspecified atom stereocenters. The predicted octanol–water partition coefficient (Wildman–Crippen LogP) is 23.4. The van der Waals surface area contributed by atoms with Crippen molar-refractivity contribution < 1.29 is 80.2 Å². The molecule has 582 valence electrons. The number of unbranched alkanes of at least 4 members (excludes halogenated alkanes) is 45. The summed E-state index contributed by atoms with van der Waals surface area (Å²) in [5.74, 6) is 0.122. The Morgan fingerprint density at radius 3 is 0.694 bits per heavy atom. The molecule has 0 rings (SSSR count). The number of aliphatic hydroxyl groups is 1. The molecule has 19 heteroatoms. The van der Waals surface area contributed by atoms with Crippen LogP contribution in [0, 0.1) is 17.8 Å². The van der Waals surface area contributed by atoms with Crippen molar-refractivity contribution in [1.29, 1.82) is 0 Å². The standard InChI is InChI=1S/C79H154O17P2/c1-8-9-10-11-12-13-14-15-16-17-18-19-20-21-29-34-39-48-55-62-78(83)95-74(66-89-76(81)60-53-46-38-33-28-24-22-26-31-36-43-50-57-70(2)3)68-93-97(85,86)91-64-73(80)65-92-98(87,88)94-69-75(67-90-77(82)61-54-47-42-41-45-52-59-72(6)7)96-79(84)63-56-49-40-35-30-25-23-27-32-37-44-51-58-71(4)5/h70-75,80H,8-69H2,1-7H3,(H,85,86)(H,87,88)/t73-,74-,75-/m1/s1. The highest BCUT2D eigenvalue weighted by atomic mass is 31.2. The molecule has 0 heterocycles. The van der Waals surface area contributed by atoms with Crippen LogP contribution in [0.1, 0.15) is 408 Å². The number of ether oxygens (including phenoxy) is 4. The highest BCUT2D eigenvalue weighted by Crippen LogP contribution is 2.45. The van der Waals surface area contributed by atoms with E-state index < -0.39 is 97.5 Å². The number of carbonyl (C=O) groups excluding carboxylic acids is 4. The number of carbonyl (C=O) groups is 4. The van der Waals surface area contributed by atoms with Gasteiger partial charge < -0.3 is 33.8 Å². The maximum atomic E-state index is 13.1. The van der Waals surface area contributed by atoms with Crippen LogP contribution in [0.15, 0.2) is 0 Å². The van der Waals surface area contributed by atoms with Gasteiger partial charge in [-0.3, -0.25) is 37.3 Å². The largest absolute Gasteiger partial charge is 0.472 e. The van der Waals surface area contributed by atoms with Gasteiger partial charge in [-0.05, 0) is 43.4 Å². The number of phosphoric ester groups is 2. The van der Waals surface area contributed by atoms with Crippen LogP contribution >= 0.6 is 15.6 Å². The van der Waals surface area contributed by atoms with E-state index in [1.807, 2.05) is 0 Å². The summed E-state index contributed by atoms with van der Waals surface area (Å²) in [6, 6.07) is 0. The van der Waals surface area contributed by atoms with E-state index >= 15 is 0 Å². The van der Waals surface area contributed by atoms with Gasteiger partial charge >= 0.3 is 39.5 Å². The second kappa shape index (κ2) is 69.4. The van der Waals surface area contributed by atoms with Crippen molar-refractivity contribution in [3.63, 3.8) is 0 Å². The van der Waals surface area contributed by atoms with Crippen LogP contribution in [0.5, 0.6) is 0 Å². The molecule has 3 N–H and O–H groups in total. The van der Waals surface area contributed by atoms with Gasteiger partial charge in [-0.1, -0.05) is 357 Å². The van der Waals surface area contributed by atoms with E-state index in [4.69, 9.17) is 37.0 Å². The fourth-order valence-corrected chi connectivity index (χ4v) is 13.7. The molecule has 5 atom stereocenters. The highest BCUT2D eigenvalue weighted by molar-refractivity contribution is 7.47. The van der Waals surface area contributed by atoms with Crippen molar-refractivity contribution in [3.05, 3.63) is 0 Å². The van der Waals surface area contributed by atoms with E-state index in [0.29, 0.717) is 31.6 Å². The SMILES string of the molecule is CCCCCCCCCCCCCCCCCCCCCC(=O)O[C@H](COC(=O)CCCCCCCCCCCCCCC(C)C)COP(=O)(O)OC[C@@H](O)COP(=O)(O)OC[C@@H](COC(=O)CCCCCCCCC(C)C)OC(=O)CCCCCCCCCCCCCCC(C)C. The summed E-state index contributed by atoms with van der Waals surface area (Å²) in [5, 5.41) is 10.6. The van der Waals surface area contributed by atoms with Gasteiger partial charge in [-0.2, -0.15) is 0 Å². The Morgan fingerprint density at radius 1 is 0.276 bits per heavy atom. The maximum Gasteiger partial charge on any atom is 0.472 e. The molecular weight excluding hydrogens is 1280 g/mol. The van der Waals surface area contributed by atoms with E-state index in [9.17, 15) is 43.2 Å². The van der Waals surface area contributed by atoms with Gasteiger partial charge in [0.1, 0.15) is 19.3 Å². The Balaban J connectivity index is 5.23. The molecule has 0 aliphatic carbocycles. The molecule has 0 fully saturated rings. The van der Waals surface area contributed by atoms with Gasteiger partial charge in [0.15, 0.2) is 12.2 Å². The average molecular weight is 1440 g/mol. The molecule has 0 aliphatic rings. The normalized spacial score (nSPS) is 14.0. The molecule has 0 aromatic rings. The first-order valence-corrected chi connectivity index (χ1v) is 43.8. The number of phosphoric acid groups is 2. The van der Waals surface area contributed by atoms with Gasteiger partial charge in [-0.15, -0.1) is 0 Å². The molecule has 0 spiro atoms. The topological polar surface area (TPSA) is 237 Å². The maximum absolute atomic E-state index is 13.1. The van der Waals surface area contributed by atoms with Crippen molar-refractivity contribution >= 4 is 39.5 Å². The lowest BCUT2D eigenvalue weighted by atomic mass is 10.0. The van der Waals surface area contributed by atoms with Crippen LogP contribution in [0.4, 0.5) is 0 Å². The zero-order valence-electron chi connectivity index (χ0n) is 64.3. The first-order valence-electron chi connectivity index (χ1n) is 40.8. The summed E-state index contributed by atoms with van der Waals surface area (Å²) in [5.41, 5.74) is 0. The Kier molecular flexibility index (Phi) is 68.1. The average Bonchev–Trinajstić information content (AvgIpc) is 0.961. The molecule has 0 radical (unpaired) electrons. The van der Waals surface area contributed by atoms with Crippen LogP contribution in [0.2, 0.25) is 0 Å². The van der Waals surface area contributed by atoms with E-state index in [1.165, 1.54) is 212 Å². The minimum Gasteiger partial charge on any atom is -0.462 e. The highest BCUT2D eigenvalue weighted by Gasteiger charge is 2.30. The summed E-state index contributed by atoms with van der Waals surface area (Å²) in [6.45, 7) is 11.9. The quantitative estimate of drug-likeness (QED) is 0.0222. The van der Waals surface area contributed by atoms with Gasteiger partial charge in [-0.25, -0.2) is 9.13 Å². The minimum absolute atomic E-state index is 0.106. The molecule has 0 saturated heterocycles. The van der Waals surface area contributed by atoms with Crippen molar-refractivity contribution in [2.45, 2.75) is 426 Å². The first kappa shape index (κ1) is 96.1. The van der Waals surface area contributed by atoms with Gasteiger partial charge in [0.2, 0.25) is 0 Å². The number of esters is 4. The number of rotatable bonds is 77. The molecule has 0 amide bonds. The van der Waals surface area contributed by atoms with Crippen molar-refractivity contribution in [3.8, 4) is 0 Å². The molecule has 98 heavy (non-hydrogen) atoms. The minimum atomic E-state index is -4.96. The predicted molar refractivity (Wildman–Crippen MR) is 400 cm³/mol. The number of aliphatic hydroxyl groups excluding tert-OH is 1. The second-order valence-electron chi connectivity index (χ2n) is 29.9. The molecule has 0 bridgehead atoms. The Bertz CT molecular complexity index is 1900. The zero-order chi connectivity index (χ0) is 72.3. The smallest absolute Gasteiger partial charge is 0.462 e. The fraction of sp³-hybridized carbons (Fsp3) is 0.949. The van der Waals surface area contributed by atoms with E-state index in [0.717, 1.165) is 108 Å².